The Morgan fingerprint density at radius 3 is 1.36 bits per heavy atom. The molecule has 0 aliphatic carbocycles. The molecule has 1 rings (SSSR count). The summed E-state index contributed by atoms with van der Waals surface area (Å²) in [6, 6.07) is 0.792. The van der Waals surface area contributed by atoms with Crippen molar-refractivity contribution < 1.29 is 18.2 Å². The molecule has 1 aliphatic rings. The van der Waals surface area contributed by atoms with Gasteiger partial charge < -0.3 is 8.85 Å². The minimum absolute atomic E-state index is 0.353. The van der Waals surface area contributed by atoms with Gasteiger partial charge in [-0.25, -0.2) is 5.48 Å². The van der Waals surface area contributed by atoms with Gasteiger partial charge in [0, 0.05) is 38.0 Å². The molecule has 0 spiro atoms. The molecule has 2 atom stereocenters. The number of hydrogen-bond donors (Lipinski definition) is 1. The topological polar surface area (TPSA) is 56.8 Å². The number of hydrogen-bond acceptors (Lipinski definition) is 6. The third kappa shape index (κ3) is 39.4. The molecule has 0 aromatic heterocycles. The van der Waals surface area contributed by atoms with Crippen LogP contribution < -0.4 is 5.48 Å². The molecule has 59 heavy (non-hydrogen) atoms. The fourth-order valence-corrected chi connectivity index (χ4v) is 12.2. The van der Waals surface area contributed by atoms with Gasteiger partial charge in [-0.1, -0.05) is 264 Å². The quantitative estimate of drug-likeness (QED) is 0.0486. The van der Waals surface area contributed by atoms with E-state index in [9.17, 15) is 4.79 Å². The van der Waals surface area contributed by atoms with Gasteiger partial charge in [-0.15, -0.1) is 0 Å². The fourth-order valence-electron chi connectivity index (χ4n) is 8.75. The number of carbonyl (C=O) groups excluding carboxylic acids is 1. The molecule has 352 valence electrons. The third-order valence-electron chi connectivity index (χ3n) is 12.9. The van der Waals surface area contributed by atoms with E-state index in [2.05, 4.69) is 26.3 Å². The van der Waals surface area contributed by atoms with E-state index in [0.717, 1.165) is 57.2 Å². The summed E-state index contributed by atoms with van der Waals surface area (Å²) in [6.07, 6.45) is 55.8. The normalized spacial score (nSPS) is 17.4. The maximum atomic E-state index is 12.7. The van der Waals surface area contributed by atoms with Crippen molar-refractivity contribution in [1.82, 2.24) is 5.48 Å². The molecular formula is C52H105NO4SSi. The van der Waals surface area contributed by atoms with Gasteiger partial charge in [-0.2, -0.15) is 0 Å². The zero-order valence-electron chi connectivity index (χ0n) is 40.4. The summed E-state index contributed by atoms with van der Waals surface area (Å²) >= 11 is 1.52. The second-order valence-electron chi connectivity index (χ2n) is 18.7. The molecule has 1 aliphatic heterocycles. The van der Waals surface area contributed by atoms with Crippen LogP contribution in [0.2, 0.25) is 6.04 Å². The summed E-state index contributed by atoms with van der Waals surface area (Å²) in [4.78, 5) is 12.7. The molecule has 1 N–H and O–H groups in total. The molecule has 7 heteroatoms. The van der Waals surface area contributed by atoms with Crippen LogP contribution in [0.5, 0.6) is 0 Å². The predicted molar refractivity (Wildman–Crippen MR) is 263 cm³/mol. The van der Waals surface area contributed by atoms with Gasteiger partial charge in [0.1, 0.15) is 0 Å². The maximum absolute atomic E-state index is 12.7. The Hall–Kier alpha value is 0.0769. The summed E-state index contributed by atoms with van der Waals surface area (Å²) in [7, 11) is -2.84. The van der Waals surface area contributed by atoms with Gasteiger partial charge in [-0.05, 0) is 38.0 Å². The second kappa shape index (κ2) is 46.1. The molecule has 0 saturated carbocycles. The average molecular weight is 869 g/mol. The van der Waals surface area contributed by atoms with E-state index in [1.807, 2.05) is 0 Å². The van der Waals surface area contributed by atoms with E-state index >= 15 is 0 Å². The highest BCUT2D eigenvalue weighted by atomic mass is 32.2. The van der Waals surface area contributed by atoms with Crippen LogP contribution in [-0.4, -0.2) is 39.4 Å². The summed E-state index contributed by atoms with van der Waals surface area (Å²) in [5, 5.41) is 0.353. The van der Waals surface area contributed by atoms with Crippen molar-refractivity contribution in [3.8, 4) is 0 Å². The first-order valence-electron chi connectivity index (χ1n) is 27.0. The number of thioether (sulfide) groups is 1. The first-order chi connectivity index (χ1) is 29.2. The van der Waals surface area contributed by atoms with Crippen LogP contribution in [0.25, 0.3) is 0 Å². The molecule has 1 saturated heterocycles. The lowest BCUT2D eigenvalue weighted by molar-refractivity contribution is -0.111. The van der Waals surface area contributed by atoms with Gasteiger partial charge in [-0.3, -0.25) is 9.32 Å². The largest absolute Gasteiger partial charge is 0.517 e. The van der Waals surface area contributed by atoms with Crippen LogP contribution in [0, 0.1) is 5.92 Å². The molecule has 0 radical (unpaired) electrons. The summed E-state index contributed by atoms with van der Waals surface area (Å²) < 4.78 is 19.7. The van der Waals surface area contributed by atoms with E-state index in [1.54, 1.807) is 0 Å². The van der Waals surface area contributed by atoms with E-state index < -0.39 is 8.80 Å². The van der Waals surface area contributed by atoms with E-state index in [4.69, 9.17) is 13.4 Å². The Balaban J connectivity index is 2.30. The van der Waals surface area contributed by atoms with Crippen molar-refractivity contribution in [2.75, 3.05) is 25.5 Å². The Bertz CT molecular complexity index is 834. The van der Waals surface area contributed by atoms with Gasteiger partial charge in [0.15, 0.2) is 5.12 Å². The molecule has 1 fully saturated rings. The van der Waals surface area contributed by atoms with Crippen LogP contribution in [0.4, 0.5) is 0 Å². The summed E-state index contributed by atoms with van der Waals surface area (Å²) in [6.45, 7) is 9.23. The van der Waals surface area contributed by atoms with Crippen molar-refractivity contribution >= 4 is 25.7 Å². The Kier molecular flexibility index (Phi) is 44.6. The Morgan fingerprint density at radius 1 is 0.525 bits per heavy atom. The number of carbonyl (C=O) groups is 1. The molecule has 5 nitrogen and oxygen atoms in total. The monoisotopic (exact) mass is 868 g/mol. The molecular weight excluding hydrogens is 763 g/mol. The molecule has 0 aromatic carbocycles. The number of unbranched alkanes of at least 4 members (excludes halogenated alkanes) is 35. The number of nitrogens with one attached hydrogen (secondary N) is 1. The highest BCUT2D eigenvalue weighted by molar-refractivity contribution is 8.13. The van der Waals surface area contributed by atoms with Crippen LogP contribution in [0.3, 0.4) is 0 Å². The van der Waals surface area contributed by atoms with Crippen LogP contribution >= 0.6 is 11.8 Å². The van der Waals surface area contributed by atoms with Gasteiger partial charge in [0.05, 0.1) is 0 Å². The Labute approximate surface area is 375 Å². The number of hydroxylamine groups is 1. The number of rotatable bonds is 46. The lowest BCUT2D eigenvalue weighted by Gasteiger charge is -2.33. The SMILES string of the molecule is CCCCCCCCCCCCCCCCCCO[Si]1(CCCSC(=O)CCCCCCCCCCC)OCCC(CCCCCCCCCCCCCCC)CNO1. The van der Waals surface area contributed by atoms with Crippen molar-refractivity contribution in [3.05, 3.63) is 0 Å². The van der Waals surface area contributed by atoms with Gasteiger partial charge >= 0.3 is 8.80 Å². The molecule has 2 unspecified atom stereocenters. The van der Waals surface area contributed by atoms with E-state index in [1.165, 1.54) is 249 Å². The fraction of sp³-hybridized carbons (Fsp3) is 0.981. The standard InChI is InChI=1S/C52H105NO4SSi/c1-4-7-10-13-16-19-21-23-24-25-27-29-32-35-38-41-46-55-59(49-42-48-58-52(54)44-40-37-34-30-18-15-12-9-6-3)56-47-45-51(50-53-57-59)43-39-36-33-31-28-26-22-20-17-14-11-8-5-2/h51,53H,4-50H2,1-3H3. The molecule has 0 amide bonds. The zero-order chi connectivity index (χ0) is 42.4. The first-order valence-corrected chi connectivity index (χ1v) is 29.9. The Morgan fingerprint density at radius 2 is 0.915 bits per heavy atom. The minimum atomic E-state index is -2.84. The lowest BCUT2D eigenvalue weighted by Crippen LogP contribution is -2.52. The highest BCUT2D eigenvalue weighted by Gasteiger charge is 2.42. The molecule has 0 bridgehead atoms. The van der Waals surface area contributed by atoms with E-state index in [-0.39, 0.29) is 0 Å². The lowest BCUT2D eigenvalue weighted by atomic mass is 9.97. The predicted octanol–water partition coefficient (Wildman–Crippen LogP) is 17.8. The average Bonchev–Trinajstić information content (AvgIpc) is 3.23. The van der Waals surface area contributed by atoms with Crippen LogP contribution in [0.15, 0.2) is 0 Å². The third-order valence-corrected chi connectivity index (χ3v) is 16.6. The summed E-state index contributed by atoms with van der Waals surface area (Å²) in [5.74, 6) is 1.44. The van der Waals surface area contributed by atoms with Crippen molar-refractivity contribution in [3.63, 3.8) is 0 Å². The maximum Gasteiger partial charge on any atom is 0.517 e. The highest BCUT2D eigenvalue weighted by Crippen LogP contribution is 2.25. The zero-order valence-corrected chi connectivity index (χ0v) is 42.2. The van der Waals surface area contributed by atoms with Crippen molar-refractivity contribution in [2.45, 2.75) is 296 Å². The molecule has 1 heterocycles. The second-order valence-corrected chi connectivity index (χ2v) is 22.5. The van der Waals surface area contributed by atoms with Crippen molar-refractivity contribution in [2.24, 2.45) is 5.92 Å². The summed E-state index contributed by atoms with van der Waals surface area (Å²) in [5.41, 5.74) is 3.38. The van der Waals surface area contributed by atoms with Gasteiger partial charge in [0.2, 0.25) is 0 Å². The van der Waals surface area contributed by atoms with Gasteiger partial charge in [0.25, 0.3) is 0 Å². The van der Waals surface area contributed by atoms with E-state index in [0.29, 0.717) is 17.5 Å². The first kappa shape index (κ1) is 57.1. The minimum Gasteiger partial charge on any atom is -0.373 e. The van der Waals surface area contributed by atoms with Crippen LogP contribution in [0.1, 0.15) is 290 Å². The van der Waals surface area contributed by atoms with Crippen LogP contribution in [-0.2, 0) is 18.2 Å². The molecule has 0 aromatic rings. The smallest absolute Gasteiger partial charge is 0.373 e. The van der Waals surface area contributed by atoms with Crippen molar-refractivity contribution in [1.29, 1.82) is 0 Å².